The minimum Gasteiger partial charge on any atom is -0.394 e. The van der Waals surface area contributed by atoms with Gasteiger partial charge in [0, 0.05) is 11.2 Å². The second-order valence-electron chi connectivity index (χ2n) is 3.94. The van der Waals surface area contributed by atoms with Crippen molar-refractivity contribution in [2.45, 2.75) is 6.04 Å². The van der Waals surface area contributed by atoms with Crippen LogP contribution < -0.4 is 0 Å². The molecule has 0 radical (unpaired) electrons. The van der Waals surface area contributed by atoms with E-state index in [1.54, 1.807) is 6.21 Å². The van der Waals surface area contributed by atoms with Gasteiger partial charge in [0.25, 0.3) is 0 Å². The van der Waals surface area contributed by atoms with Gasteiger partial charge in [-0.05, 0) is 23.3 Å². The molecule has 0 bridgehead atoms. The minimum atomic E-state index is -0.220. The van der Waals surface area contributed by atoms with Gasteiger partial charge in [-0.25, -0.2) is 0 Å². The molecule has 0 amide bonds. The van der Waals surface area contributed by atoms with Crippen LogP contribution in [0.1, 0.15) is 17.2 Å². The summed E-state index contributed by atoms with van der Waals surface area (Å²) in [7, 11) is 0. The van der Waals surface area contributed by atoms with E-state index in [1.165, 1.54) is 0 Å². The molecule has 0 aliphatic carbocycles. The third-order valence-corrected chi connectivity index (χ3v) is 2.88. The molecule has 1 atom stereocenters. The van der Waals surface area contributed by atoms with E-state index in [9.17, 15) is 5.11 Å². The summed E-state index contributed by atoms with van der Waals surface area (Å²) in [6.07, 6.45) is 1.75. The summed E-state index contributed by atoms with van der Waals surface area (Å²) in [5.74, 6) is 0. The second-order valence-corrected chi connectivity index (χ2v) is 4.38. The van der Waals surface area contributed by atoms with E-state index in [0.717, 1.165) is 11.1 Å². The zero-order valence-electron chi connectivity index (χ0n) is 9.83. The molecule has 18 heavy (non-hydrogen) atoms. The average molecular weight is 260 g/mol. The van der Waals surface area contributed by atoms with Crippen LogP contribution in [0.2, 0.25) is 5.02 Å². The lowest BCUT2D eigenvalue weighted by Gasteiger charge is -2.08. The Hall–Kier alpha value is -1.64. The van der Waals surface area contributed by atoms with E-state index >= 15 is 0 Å². The van der Waals surface area contributed by atoms with Crippen LogP contribution in [0.25, 0.3) is 0 Å². The van der Waals surface area contributed by atoms with Crippen LogP contribution in [-0.2, 0) is 0 Å². The Morgan fingerprint density at radius 2 is 1.72 bits per heavy atom. The Morgan fingerprint density at radius 3 is 2.33 bits per heavy atom. The smallest absolute Gasteiger partial charge is 0.0979 e. The maximum Gasteiger partial charge on any atom is 0.0979 e. The molecule has 0 aliphatic rings. The van der Waals surface area contributed by atoms with Crippen molar-refractivity contribution in [1.82, 2.24) is 0 Å². The molecule has 2 aromatic carbocycles. The maximum atomic E-state index is 9.37. The zero-order valence-corrected chi connectivity index (χ0v) is 10.6. The SMILES string of the molecule is OC[C@H](N=Cc1ccc(Cl)cc1)c1ccccc1. The summed E-state index contributed by atoms with van der Waals surface area (Å²) in [5, 5.41) is 10.1. The number of rotatable bonds is 4. The average Bonchev–Trinajstić information content (AvgIpc) is 2.43. The lowest BCUT2D eigenvalue weighted by molar-refractivity contribution is 0.269. The van der Waals surface area contributed by atoms with Crippen LogP contribution in [0.5, 0.6) is 0 Å². The third-order valence-electron chi connectivity index (χ3n) is 2.63. The Kier molecular flexibility index (Phi) is 4.51. The fourth-order valence-corrected chi connectivity index (χ4v) is 1.76. The van der Waals surface area contributed by atoms with Crippen molar-refractivity contribution in [3.8, 4) is 0 Å². The number of aliphatic hydroxyl groups is 1. The highest BCUT2D eigenvalue weighted by molar-refractivity contribution is 6.30. The van der Waals surface area contributed by atoms with Gasteiger partial charge in [0.05, 0.1) is 12.6 Å². The largest absolute Gasteiger partial charge is 0.394 e. The Morgan fingerprint density at radius 1 is 1.06 bits per heavy atom. The molecule has 0 heterocycles. The van der Waals surface area contributed by atoms with E-state index in [-0.39, 0.29) is 12.6 Å². The van der Waals surface area contributed by atoms with Crippen LogP contribution in [0, 0.1) is 0 Å². The molecule has 0 saturated heterocycles. The summed E-state index contributed by atoms with van der Waals surface area (Å²) in [6, 6.07) is 16.9. The quantitative estimate of drug-likeness (QED) is 0.838. The normalized spacial score (nSPS) is 12.8. The van der Waals surface area contributed by atoms with Crippen LogP contribution in [-0.4, -0.2) is 17.9 Å². The van der Waals surface area contributed by atoms with Crippen molar-refractivity contribution in [3.63, 3.8) is 0 Å². The van der Waals surface area contributed by atoms with E-state index in [1.807, 2.05) is 54.6 Å². The number of nitrogens with zero attached hydrogens (tertiary/aromatic N) is 1. The molecule has 2 aromatic rings. The molecule has 0 saturated carbocycles. The molecule has 0 aliphatic heterocycles. The lowest BCUT2D eigenvalue weighted by atomic mass is 10.1. The fraction of sp³-hybridized carbons (Fsp3) is 0.133. The molecule has 2 rings (SSSR count). The second kappa shape index (κ2) is 6.34. The van der Waals surface area contributed by atoms with Crippen LogP contribution in [0.4, 0.5) is 0 Å². The lowest BCUT2D eigenvalue weighted by Crippen LogP contribution is -2.01. The Balaban J connectivity index is 2.13. The summed E-state index contributed by atoms with van der Waals surface area (Å²) in [4.78, 5) is 4.39. The molecule has 92 valence electrons. The van der Waals surface area contributed by atoms with Crippen molar-refractivity contribution in [2.24, 2.45) is 4.99 Å². The van der Waals surface area contributed by atoms with Gasteiger partial charge in [-0.3, -0.25) is 4.99 Å². The van der Waals surface area contributed by atoms with Crippen molar-refractivity contribution in [2.75, 3.05) is 6.61 Å². The predicted molar refractivity (Wildman–Crippen MR) is 75.3 cm³/mol. The van der Waals surface area contributed by atoms with Crippen LogP contribution in [0.3, 0.4) is 0 Å². The van der Waals surface area contributed by atoms with Crippen molar-refractivity contribution in [3.05, 3.63) is 70.7 Å². The van der Waals surface area contributed by atoms with E-state index < -0.39 is 0 Å². The third kappa shape index (κ3) is 3.42. The topological polar surface area (TPSA) is 32.6 Å². The highest BCUT2D eigenvalue weighted by atomic mass is 35.5. The molecule has 0 spiro atoms. The summed E-state index contributed by atoms with van der Waals surface area (Å²) < 4.78 is 0. The highest BCUT2D eigenvalue weighted by Gasteiger charge is 2.06. The molecule has 1 N–H and O–H groups in total. The van der Waals surface area contributed by atoms with Crippen molar-refractivity contribution in [1.29, 1.82) is 0 Å². The van der Waals surface area contributed by atoms with E-state index in [2.05, 4.69) is 4.99 Å². The van der Waals surface area contributed by atoms with E-state index in [0.29, 0.717) is 5.02 Å². The van der Waals surface area contributed by atoms with Crippen molar-refractivity contribution < 1.29 is 5.11 Å². The standard InChI is InChI=1S/C15H14ClNO/c16-14-8-6-12(7-9-14)10-17-15(11-18)13-4-2-1-3-5-13/h1-10,15,18H,11H2/t15-/m0/s1. The Bertz CT molecular complexity index is 508. The van der Waals surface area contributed by atoms with E-state index in [4.69, 9.17) is 11.6 Å². The number of halogens is 1. The molecule has 0 aromatic heterocycles. The predicted octanol–water partition coefficient (Wildman–Crippen LogP) is 3.49. The number of hydrogen-bond acceptors (Lipinski definition) is 2. The highest BCUT2D eigenvalue weighted by Crippen LogP contribution is 2.16. The summed E-state index contributed by atoms with van der Waals surface area (Å²) in [5.41, 5.74) is 1.97. The van der Waals surface area contributed by atoms with Crippen LogP contribution in [0.15, 0.2) is 59.6 Å². The molecule has 0 unspecified atom stereocenters. The zero-order chi connectivity index (χ0) is 12.8. The number of hydrogen-bond donors (Lipinski definition) is 1. The van der Waals surface area contributed by atoms with Gasteiger partial charge in [0.1, 0.15) is 0 Å². The molecular formula is C15H14ClNO. The van der Waals surface area contributed by atoms with Gasteiger partial charge < -0.3 is 5.11 Å². The molecule has 0 fully saturated rings. The monoisotopic (exact) mass is 259 g/mol. The van der Waals surface area contributed by atoms with Crippen LogP contribution >= 0.6 is 11.6 Å². The first-order chi connectivity index (χ1) is 8.79. The number of benzene rings is 2. The number of aliphatic hydroxyl groups excluding tert-OH is 1. The van der Waals surface area contributed by atoms with Gasteiger partial charge >= 0.3 is 0 Å². The fourth-order valence-electron chi connectivity index (χ4n) is 1.64. The minimum absolute atomic E-state index is 0.00585. The van der Waals surface area contributed by atoms with Gasteiger partial charge in [0.15, 0.2) is 0 Å². The summed E-state index contributed by atoms with van der Waals surface area (Å²) >= 11 is 5.81. The van der Waals surface area contributed by atoms with Gasteiger partial charge in [-0.1, -0.05) is 54.1 Å². The maximum absolute atomic E-state index is 9.37. The first kappa shape index (κ1) is 12.8. The number of aliphatic imine (C=N–C) groups is 1. The summed E-state index contributed by atoms with van der Waals surface area (Å²) in [6.45, 7) is -0.00585. The van der Waals surface area contributed by atoms with Crippen molar-refractivity contribution >= 4 is 17.8 Å². The Labute approximate surface area is 112 Å². The first-order valence-electron chi connectivity index (χ1n) is 5.74. The van der Waals surface area contributed by atoms with Gasteiger partial charge in [0.2, 0.25) is 0 Å². The molecule has 3 heteroatoms. The molecule has 2 nitrogen and oxygen atoms in total. The first-order valence-corrected chi connectivity index (χ1v) is 6.12. The van der Waals surface area contributed by atoms with Gasteiger partial charge in [-0.15, -0.1) is 0 Å². The molecular weight excluding hydrogens is 246 g/mol. The van der Waals surface area contributed by atoms with Gasteiger partial charge in [-0.2, -0.15) is 0 Å².